The Morgan fingerprint density at radius 2 is 1.07 bits per heavy atom. The molecule has 4 aromatic carbocycles. The molecule has 105 heavy (non-hydrogen) atoms. The molecule has 562 valence electrons. The summed E-state index contributed by atoms with van der Waals surface area (Å²) >= 11 is 2.37. The number of hydrogen-bond acceptors (Lipinski definition) is 21. The number of esters is 3. The molecule has 24 heteroatoms. The summed E-state index contributed by atoms with van der Waals surface area (Å²) in [6, 6.07) is 34.6. The number of unbranched alkanes of at least 4 members (excludes halogenated alkanes) is 10. The first-order valence-electron chi connectivity index (χ1n) is 36.4. The zero-order valence-electron chi connectivity index (χ0n) is 62.2. The lowest BCUT2D eigenvalue weighted by Crippen LogP contribution is -2.27. The normalized spacial score (nSPS) is 12.7. The first-order valence-corrected chi connectivity index (χ1v) is 38.0. The predicted molar refractivity (Wildman–Crippen MR) is 413 cm³/mol. The highest BCUT2D eigenvalue weighted by atomic mass is 32.1. The maximum atomic E-state index is 12.2. The number of nitrogens with zero attached hydrogens (tertiary/aromatic N) is 10. The van der Waals surface area contributed by atoms with Gasteiger partial charge in [0.25, 0.3) is 0 Å². The smallest absolute Gasteiger partial charge is 0.317 e. The molecule has 0 saturated carbocycles. The van der Waals surface area contributed by atoms with E-state index in [9.17, 15) is 24.4 Å². The Hall–Kier alpha value is -8.92. The zero-order chi connectivity index (χ0) is 75.8. The summed E-state index contributed by atoms with van der Waals surface area (Å²) in [4.78, 5) is 61.6. The third kappa shape index (κ3) is 32.6. The number of hydrogen-bond donors (Lipinski definition) is 1. The van der Waals surface area contributed by atoms with Gasteiger partial charge < -0.3 is 48.1 Å². The molecule has 1 aliphatic heterocycles. The Bertz CT molecular complexity index is 3840. The minimum Gasteiger partial charge on any atom is -0.463 e. The number of anilines is 2. The number of benzene rings is 4. The highest BCUT2D eigenvalue weighted by Gasteiger charge is 2.32. The summed E-state index contributed by atoms with van der Waals surface area (Å²) in [6.07, 6.45) is 16.2. The molecule has 1 N–H and O–H groups in total. The highest BCUT2D eigenvalue weighted by molar-refractivity contribution is 7.20. The van der Waals surface area contributed by atoms with Crippen molar-refractivity contribution in [3.63, 3.8) is 0 Å². The fourth-order valence-electron chi connectivity index (χ4n) is 11.2. The highest BCUT2D eigenvalue weighted by Crippen LogP contribution is 2.48. The number of aliphatic hydroxyl groups excluding tert-OH is 1. The Morgan fingerprint density at radius 1 is 0.600 bits per heavy atom. The fourth-order valence-corrected chi connectivity index (χ4v) is 12.9. The summed E-state index contributed by atoms with van der Waals surface area (Å²) in [5, 5.41) is 37.1. The van der Waals surface area contributed by atoms with Gasteiger partial charge in [-0.2, -0.15) is 25.7 Å². The average Bonchev–Trinajstić information content (AvgIpc) is 1.75. The van der Waals surface area contributed by atoms with Crippen LogP contribution in [-0.2, 0) is 65.4 Å². The van der Waals surface area contributed by atoms with E-state index in [0.29, 0.717) is 139 Å². The standard InChI is InChI=1S/C44H59N5O7S.C25H25N5O2S.C12H20O3/c1-6-7-8-9-10-14-17-38(36(4)50)31-42(51)56-29-28-55-27-26-54-25-24-53-23-22-52-21-20-49(33-37-15-12-11-13-16-37)39-18-19-40(34(2)30-39)47-48-44-43(46-5)35(3)41(32-45)57-44;1-18-16-21(30(12-14-32-15-13-31)17-20-8-6-5-7-9-20)10-11-22(18)28-29-25-23(26-3)19(2)24(27-4)33-25;1-2-3-4-5-6-7-8-10-9-11(13)15-12(10)14/h11-13,15-16,18-19,30,38H,6-10,14,17,20-29,31,33H2,1-4H3;5-11,16,31H,12-15,17H2,1-2H3;10H,2-9H2,1H3. The SMILES string of the molecule is CCCCCCCCC1CC(=O)OC1=O.[C-]#[N+]c1c(N=Nc2ccc(N(CCOCCOCCOCCOCCOC(=O)CC(CCCCCCCC)C(C)=O)Cc3ccccc3)cc2C)sc(C#N)c1C.[C-]#[N+]c1sc(N=Nc2ccc(N(CCOCCO)Cc3ccccc3)cc2C)c([N+]#[C-])c1C. The van der Waals surface area contributed by atoms with Crippen LogP contribution in [0.15, 0.2) is 118 Å². The minimum atomic E-state index is -0.354. The molecule has 3 heterocycles. The van der Waals surface area contributed by atoms with Crippen LogP contribution in [0, 0.1) is 70.6 Å². The van der Waals surface area contributed by atoms with Gasteiger partial charge in [-0.15, -0.1) is 22.7 Å². The summed E-state index contributed by atoms with van der Waals surface area (Å²) < 4.78 is 37.9. The largest absolute Gasteiger partial charge is 0.463 e. The Labute approximate surface area is 629 Å². The Morgan fingerprint density at radius 3 is 1.52 bits per heavy atom. The van der Waals surface area contributed by atoms with Crippen molar-refractivity contribution in [1.82, 2.24) is 0 Å². The van der Waals surface area contributed by atoms with E-state index < -0.39 is 0 Å². The van der Waals surface area contributed by atoms with Gasteiger partial charge in [0.1, 0.15) is 28.5 Å². The number of nitriles is 1. The van der Waals surface area contributed by atoms with Crippen LogP contribution in [0.1, 0.15) is 162 Å². The number of Topliss-reactive ketones (excluding diaryl/α,β-unsaturated/α-hetero) is 1. The Kier molecular flexibility index (Phi) is 42.4. The van der Waals surface area contributed by atoms with E-state index in [1.807, 2.05) is 74.5 Å². The van der Waals surface area contributed by atoms with Gasteiger partial charge in [0.15, 0.2) is 0 Å². The fraction of sp³-hybridized carbons (Fsp3) is 0.506. The van der Waals surface area contributed by atoms with Crippen LogP contribution in [-0.4, -0.2) is 121 Å². The summed E-state index contributed by atoms with van der Waals surface area (Å²) in [5.41, 5.74) is 9.77. The van der Waals surface area contributed by atoms with Gasteiger partial charge in [-0.25, -0.2) is 14.5 Å². The predicted octanol–water partition coefficient (Wildman–Crippen LogP) is 19.9. The number of cyclic esters (lactones) is 2. The van der Waals surface area contributed by atoms with E-state index >= 15 is 0 Å². The second kappa shape index (κ2) is 51.3. The third-order valence-corrected chi connectivity index (χ3v) is 19.4. The molecule has 1 fully saturated rings. The van der Waals surface area contributed by atoms with Crippen molar-refractivity contribution < 1.29 is 57.4 Å². The maximum absolute atomic E-state index is 12.2. The number of aliphatic hydroxyl groups is 1. The summed E-state index contributed by atoms with van der Waals surface area (Å²) in [5.74, 6) is -1.39. The minimum absolute atomic E-state index is 0.00779. The average molecular weight is 1470 g/mol. The number of aryl methyl sites for hydroxylation is 2. The monoisotopic (exact) mass is 1470 g/mol. The molecule has 0 radical (unpaired) electrons. The number of carbonyl (C=O) groups excluding carboxylic acids is 4. The van der Waals surface area contributed by atoms with Crippen LogP contribution < -0.4 is 9.80 Å². The molecule has 0 bridgehead atoms. The second-order valence-corrected chi connectivity index (χ2v) is 27.3. The molecule has 6 aromatic rings. The van der Waals surface area contributed by atoms with Crippen LogP contribution in [0.2, 0.25) is 0 Å². The van der Waals surface area contributed by atoms with Crippen LogP contribution in [0.5, 0.6) is 0 Å². The van der Waals surface area contributed by atoms with Gasteiger partial charge in [-0.05, 0) is 110 Å². The number of ether oxygens (including phenoxy) is 7. The third-order valence-electron chi connectivity index (χ3n) is 17.2. The van der Waals surface area contributed by atoms with Gasteiger partial charge in [-0.3, -0.25) is 19.2 Å². The first kappa shape index (κ1) is 86.7. The maximum Gasteiger partial charge on any atom is 0.317 e. The zero-order valence-corrected chi connectivity index (χ0v) is 63.9. The molecule has 0 spiro atoms. The summed E-state index contributed by atoms with van der Waals surface area (Å²) in [7, 11) is 0. The van der Waals surface area contributed by atoms with Gasteiger partial charge >= 0.3 is 17.9 Å². The van der Waals surface area contributed by atoms with Crippen molar-refractivity contribution in [1.29, 1.82) is 5.26 Å². The molecular weight excluding hydrogens is 1370 g/mol. The molecular formula is C81H104N10O12S2. The number of ketones is 1. The van der Waals surface area contributed by atoms with Crippen molar-refractivity contribution in [3.05, 3.63) is 170 Å². The van der Waals surface area contributed by atoms with Gasteiger partial charge in [0, 0.05) is 43.5 Å². The lowest BCUT2D eigenvalue weighted by Gasteiger charge is -2.25. The summed E-state index contributed by atoms with van der Waals surface area (Å²) in [6.45, 7) is 42.6. The number of thiophene rings is 2. The number of rotatable bonds is 47. The van der Waals surface area contributed by atoms with E-state index in [2.05, 4.69) is 106 Å². The number of azo groups is 2. The van der Waals surface area contributed by atoms with E-state index in [1.165, 1.54) is 85.2 Å². The molecule has 2 atom stereocenters. The van der Waals surface area contributed by atoms with Crippen molar-refractivity contribution >= 4 is 95.5 Å². The molecule has 7 rings (SSSR count). The van der Waals surface area contributed by atoms with Crippen molar-refractivity contribution in [3.8, 4) is 6.07 Å². The second-order valence-electron chi connectivity index (χ2n) is 25.3. The van der Waals surface area contributed by atoms with E-state index in [0.717, 1.165) is 67.6 Å². The van der Waals surface area contributed by atoms with Crippen LogP contribution >= 0.6 is 22.7 Å². The van der Waals surface area contributed by atoms with Gasteiger partial charge in [0.05, 0.1) is 127 Å². The van der Waals surface area contributed by atoms with Crippen molar-refractivity contribution in [2.24, 2.45) is 32.3 Å². The lowest BCUT2D eigenvalue weighted by atomic mass is 9.94. The van der Waals surface area contributed by atoms with E-state index in [4.69, 9.17) is 53.2 Å². The van der Waals surface area contributed by atoms with Crippen molar-refractivity contribution in [2.45, 2.75) is 164 Å². The van der Waals surface area contributed by atoms with Crippen LogP contribution in [0.3, 0.4) is 0 Å². The van der Waals surface area contributed by atoms with Gasteiger partial charge in [-0.1, -0.05) is 158 Å². The first-order chi connectivity index (χ1) is 51.1. The van der Waals surface area contributed by atoms with E-state index in [1.54, 1.807) is 20.8 Å². The molecule has 2 aromatic heterocycles. The van der Waals surface area contributed by atoms with Crippen molar-refractivity contribution in [2.75, 3.05) is 102 Å². The molecule has 1 aliphatic rings. The topological polar surface area (TPSA) is 246 Å². The van der Waals surface area contributed by atoms with Crippen LogP contribution in [0.25, 0.3) is 14.5 Å². The van der Waals surface area contributed by atoms with Crippen LogP contribution in [0.4, 0.5) is 49.1 Å². The molecule has 0 aliphatic carbocycles. The molecule has 0 amide bonds. The molecule has 22 nitrogen and oxygen atoms in total. The number of carbonyl (C=O) groups is 4. The lowest BCUT2D eigenvalue weighted by molar-refractivity contribution is -0.153. The van der Waals surface area contributed by atoms with Gasteiger partial charge in [0.2, 0.25) is 16.4 Å². The molecule has 2 unspecified atom stereocenters. The quantitative estimate of drug-likeness (QED) is 0.0123. The molecule has 1 saturated heterocycles. The van der Waals surface area contributed by atoms with E-state index in [-0.39, 0.29) is 61.8 Å². The Balaban J connectivity index is 0.000000342.